The molecule has 0 rings (SSSR count). The summed E-state index contributed by atoms with van der Waals surface area (Å²) in [4.78, 5) is 11.4. The van der Waals surface area contributed by atoms with Crippen molar-refractivity contribution in [3.05, 3.63) is 0 Å². The minimum absolute atomic E-state index is 0.144. The second kappa shape index (κ2) is 6.44. The topological polar surface area (TPSA) is 29.1 Å². The van der Waals surface area contributed by atoms with E-state index in [1.165, 1.54) is 0 Å². The number of hydrogen-bond acceptors (Lipinski definition) is 1. The van der Waals surface area contributed by atoms with Crippen molar-refractivity contribution in [1.82, 2.24) is 5.32 Å². The molecule has 0 aromatic carbocycles. The summed E-state index contributed by atoms with van der Waals surface area (Å²) >= 11 is 3.43. The standard InChI is InChI=1S/C11H22BrNO/c1-5-9(2)6-10(14)13-8-11(3,4)7-12/h9H,5-8H2,1-4H3,(H,13,14). The quantitative estimate of drug-likeness (QED) is 0.734. The van der Waals surface area contributed by atoms with Gasteiger partial charge in [-0.25, -0.2) is 0 Å². The van der Waals surface area contributed by atoms with E-state index >= 15 is 0 Å². The third kappa shape index (κ3) is 6.41. The highest BCUT2D eigenvalue weighted by atomic mass is 79.9. The van der Waals surface area contributed by atoms with Crippen LogP contribution in [0.2, 0.25) is 0 Å². The lowest BCUT2D eigenvalue weighted by molar-refractivity contribution is -0.122. The van der Waals surface area contributed by atoms with Gasteiger partial charge in [-0.05, 0) is 11.3 Å². The monoisotopic (exact) mass is 263 g/mol. The molecule has 1 atom stereocenters. The lowest BCUT2D eigenvalue weighted by Gasteiger charge is -2.22. The largest absolute Gasteiger partial charge is 0.356 e. The van der Waals surface area contributed by atoms with E-state index in [2.05, 4.69) is 48.9 Å². The van der Waals surface area contributed by atoms with E-state index in [0.717, 1.165) is 18.3 Å². The molecule has 3 heteroatoms. The number of halogens is 1. The number of rotatable bonds is 6. The summed E-state index contributed by atoms with van der Waals surface area (Å²) in [5.41, 5.74) is 0.144. The first-order valence-corrected chi connectivity index (χ1v) is 6.36. The lowest BCUT2D eigenvalue weighted by Crippen LogP contribution is -2.35. The average molecular weight is 264 g/mol. The van der Waals surface area contributed by atoms with Crippen molar-refractivity contribution in [1.29, 1.82) is 0 Å². The molecule has 2 nitrogen and oxygen atoms in total. The molecule has 0 aliphatic heterocycles. The highest BCUT2D eigenvalue weighted by Gasteiger charge is 2.17. The first kappa shape index (κ1) is 13.9. The molecule has 0 fully saturated rings. The summed E-state index contributed by atoms with van der Waals surface area (Å²) in [5, 5.41) is 3.88. The molecule has 0 aliphatic rings. The van der Waals surface area contributed by atoms with Crippen LogP contribution in [-0.2, 0) is 4.79 Å². The highest BCUT2D eigenvalue weighted by Crippen LogP contribution is 2.16. The van der Waals surface area contributed by atoms with Gasteiger partial charge >= 0.3 is 0 Å². The van der Waals surface area contributed by atoms with Gasteiger partial charge in [-0.1, -0.05) is 50.0 Å². The van der Waals surface area contributed by atoms with Gasteiger partial charge in [0.15, 0.2) is 0 Å². The maximum atomic E-state index is 11.4. The van der Waals surface area contributed by atoms with E-state index in [9.17, 15) is 4.79 Å². The highest BCUT2D eigenvalue weighted by molar-refractivity contribution is 9.09. The Kier molecular flexibility index (Phi) is 6.41. The van der Waals surface area contributed by atoms with Crippen LogP contribution in [0.3, 0.4) is 0 Å². The van der Waals surface area contributed by atoms with Crippen LogP contribution >= 0.6 is 15.9 Å². The number of amides is 1. The van der Waals surface area contributed by atoms with Gasteiger partial charge in [-0.15, -0.1) is 0 Å². The first-order chi connectivity index (χ1) is 6.41. The Hall–Kier alpha value is -0.0500. The molecule has 1 unspecified atom stereocenters. The van der Waals surface area contributed by atoms with E-state index in [0.29, 0.717) is 12.3 Å². The summed E-state index contributed by atoms with van der Waals surface area (Å²) in [5.74, 6) is 0.662. The molecule has 0 aromatic heterocycles. The zero-order valence-corrected chi connectivity index (χ0v) is 11.3. The molecule has 1 amide bonds. The van der Waals surface area contributed by atoms with Crippen LogP contribution < -0.4 is 5.32 Å². The molecular weight excluding hydrogens is 242 g/mol. The van der Waals surface area contributed by atoms with E-state index in [1.807, 2.05) is 0 Å². The Bertz CT molecular complexity index is 180. The summed E-state index contributed by atoms with van der Waals surface area (Å²) in [6, 6.07) is 0. The van der Waals surface area contributed by atoms with Crippen LogP contribution in [0.5, 0.6) is 0 Å². The van der Waals surface area contributed by atoms with Crippen molar-refractivity contribution in [2.45, 2.75) is 40.5 Å². The second-order valence-corrected chi connectivity index (χ2v) is 5.35. The van der Waals surface area contributed by atoms with Gasteiger partial charge in [0.25, 0.3) is 0 Å². The average Bonchev–Trinajstić information content (AvgIpc) is 2.15. The molecule has 0 saturated carbocycles. The van der Waals surface area contributed by atoms with Crippen LogP contribution in [0, 0.1) is 11.3 Å². The van der Waals surface area contributed by atoms with Crippen LogP contribution in [0.4, 0.5) is 0 Å². The van der Waals surface area contributed by atoms with Gasteiger partial charge in [-0.3, -0.25) is 4.79 Å². The Morgan fingerprint density at radius 2 is 2.07 bits per heavy atom. The molecule has 0 bridgehead atoms. The van der Waals surface area contributed by atoms with E-state index < -0.39 is 0 Å². The van der Waals surface area contributed by atoms with Crippen LogP contribution in [0.25, 0.3) is 0 Å². The molecule has 14 heavy (non-hydrogen) atoms. The Balaban J connectivity index is 3.74. The van der Waals surface area contributed by atoms with Crippen LogP contribution in [0.15, 0.2) is 0 Å². The van der Waals surface area contributed by atoms with Crippen molar-refractivity contribution < 1.29 is 4.79 Å². The Labute approximate surface area is 96.0 Å². The summed E-state index contributed by atoms with van der Waals surface area (Å²) in [6.45, 7) is 9.22. The van der Waals surface area contributed by atoms with Crippen molar-refractivity contribution in [2.75, 3.05) is 11.9 Å². The zero-order chi connectivity index (χ0) is 11.2. The predicted molar refractivity (Wildman–Crippen MR) is 64.7 cm³/mol. The third-order valence-electron chi connectivity index (χ3n) is 2.36. The van der Waals surface area contributed by atoms with Gasteiger partial charge in [0.1, 0.15) is 0 Å². The second-order valence-electron chi connectivity index (χ2n) is 4.79. The number of carbonyl (C=O) groups excluding carboxylic acids is 1. The zero-order valence-electron chi connectivity index (χ0n) is 9.69. The summed E-state index contributed by atoms with van der Waals surface area (Å²) in [6.07, 6.45) is 1.71. The molecule has 0 aliphatic carbocycles. The molecule has 0 spiro atoms. The van der Waals surface area contributed by atoms with Gasteiger partial charge < -0.3 is 5.32 Å². The first-order valence-electron chi connectivity index (χ1n) is 5.24. The van der Waals surface area contributed by atoms with Crippen LogP contribution in [-0.4, -0.2) is 17.8 Å². The predicted octanol–water partition coefficient (Wildman–Crippen LogP) is 2.96. The molecule has 84 valence electrons. The van der Waals surface area contributed by atoms with E-state index in [1.54, 1.807) is 0 Å². The third-order valence-corrected chi connectivity index (χ3v) is 3.87. The molecule has 1 N–H and O–H groups in total. The van der Waals surface area contributed by atoms with Gasteiger partial charge in [0.2, 0.25) is 5.91 Å². The normalized spacial score (nSPS) is 13.8. The van der Waals surface area contributed by atoms with E-state index in [-0.39, 0.29) is 11.3 Å². The molecule has 0 saturated heterocycles. The van der Waals surface area contributed by atoms with Crippen molar-refractivity contribution in [3.63, 3.8) is 0 Å². The van der Waals surface area contributed by atoms with E-state index in [4.69, 9.17) is 0 Å². The van der Waals surface area contributed by atoms with Gasteiger partial charge in [0, 0.05) is 18.3 Å². The van der Waals surface area contributed by atoms with Crippen LogP contribution in [0.1, 0.15) is 40.5 Å². The van der Waals surface area contributed by atoms with Crippen molar-refractivity contribution in [2.24, 2.45) is 11.3 Å². The van der Waals surface area contributed by atoms with Crippen molar-refractivity contribution in [3.8, 4) is 0 Å². The summed E-state index contributed by atoms with van der Waals surface area (Å²) in [7, 11) is 0. The number of nitrogens with one attached hydrogen (secondary N) is 1. The fourth-order valence-corrected chi connectivity index (χ4v) is 1.12. The molecule has 0 aromatic rings. The Morgan fingerprint density at radius 1 is 1.50 bits per heavy atom. The molecule has 0 heterocycles. The fourth-order valence-electron chi connectivity index (χ4n) is 0.918. The van der Waals surface area contributed by atoms with Gasteiger partial charge in [-0.2, -0.15) is 0 Å². The SMILES string of the molecule is CCC(C)CC(=O)NCC(C)(C)CBr. The van der Waals surface area contributed by atoms with Gasteiger partial charge in [0.05, 0.1) is 0 Å². The number of alkyl halides is 1. The minimum atomic E-state index is 0.144. The fraction of sp³-hybridized carbons (Fsp3) is 0.909. The smallest absolute Gasteiger partial charge is 0.220 e. The number of hydrogen-bond donors (Lipinski definition) is 1. The molecule has 0 radical (unpaired) electrons. The Morgan fingerprint density at radius 3 is 2.50 bits per heavy atom. The van der Waals surface area contributed by atoms with Crippen molar-refractivity contribution >= 4 is 21.8 Å². The summed E-state index contributed by atoms with van der Waals surface area (Å²) < 4.78 is 0. The number of carbonyl (C=O) groups is 1. The maximum Gasteiger partial charge on any atom is 0.220 e. The minimum Gasteiger partial charge on any atom is -0.356 e. The maximum absolute atomic E-state index is 11.4. The molecular formula is C11H22BrNO. The lowest BCUT2D eigenvalue weighted by atomic mass is 9.96.